The van der Waals surface area contributed by atoms with E-state index in [1.165, 1.54) is 25.7 Å². The lowest BCUT2D eigenvalue weighted by Crippen LogP contribution is -2.36. The third kappa shape index (κ3) is 7.71. The van der Waals surface area contributed by atoms with Crippen LogP contribution in [-0.2, 0) is 11.3 Å². The number of nitrogens with one attached hydrogen (secondary N) is 1. The summed E-state index contributed by atoms with van der Waals surface area (Å²) in [5, 5.41) is 3.51. The molecule has 0 saturated carbocycles. The summed E-state index contributed by atoms with van der Waals surface area (Å²) in [6, 6.07) is 8.20. The van der Waals surface area contributed by atoms with Crippen LogP contribution in [0, 0.1) is 0 Å². The van der Waals surface area contributed by atoms with Crippen LogP contribution in [0.5, 0.6) is 0 Å². The van der Waals surface area contributed by atoms with Crippen molar-refractivity contribution in [3.63, 3.8) is 0 Å². The van der Waals surface area contributed by atoms with Gasteiger partial charge in [0, 0.05) is 18.8 Å². The van der Waals surface area contributed by atoms with Gasteiger partial charge in [-0.25, -0.2) is 4.79 Å². The van der Waals surface area contributed by atoms with Gasteiger partial charge in [0.15, 0.2) is 0 Å². The topological polar surface area (TPSA) is 41.6 Å². The van der Waals surface area contributed by atoms with Crippen LogP contribution in [-0.4, -0.2) is 29.7 Å². The highest BCUT2D eigenvalue weighted by molar-refractivity contribution is 5.68. The van der Waals surface area contributed by atoms with Crippen molar-refractivity contribution in [2.75, 3.05) is 18.4 Å². The molecule has 1 aromatic rings. The summed E-state index contributed by atoms with van der Waals surface area (Å²) < 4.78 is 5.49. The SMILES string of the molecule is CCCCCCNc1ccccc1CN(CC)C(=O)OC(C)(C)C. The molecular formula is C20H34N2O2. The summed E-state index contributed by atoms with van der Waals surface area (Å²) >= 11 is 0. The molecule has 1 aromatic carbocycles. The van der Waals surface area contributed by atoms with E-state index in [9.17, 15) is 4.79 Å². The molecule has 4 nitrogen and oxygen atoms in total. The molecular weight excluding hydrogens is 300 g/mol. The molecule has 1 amide bonds. The minimum atomic E-state index is -0.471. The molecule has 0 fully saturated rings. The minimum Gasteiger partial charge on any atom is -0.444 e. The molecule has 0 aliphatic rings. The van der Waals surface area contributed by atoms with Crippen molar-refractivity contribution in [2.24, 2.45) is 0 Å². The Labute approximate surface area is 147 Å². The number of hydrogen-bond donors (Lipinski definition) is 1. The molecule has 1 rings (SSSR count). The normalized spacial score (nSPS) is 11.2. The molecule has 0 aliphatic carbocycles. The molecule has 0 heterocycles. The third-order valence-corrected chi connectivity index (χ3v) is 3.76. The first-order valence-corrected chi connectivity index (χ1v) is 9.17. The van der Waals surface area contributed by atoms with Crippen molar-refractivity contribution in [1.29, 1.82) is 0 Å². The molecule has 1 N–H and O–H groups in total. The second-order valence-electron chi connectivity index (χ2n) is 7.14. The smallest absolute Gasteiger partial charge is 0.410 e. The van der Waals surface area contributed by atoms with Crippen LogP contribution < -0.4 is 5.32 Å². The lowest BCUT2D eigenvalue weighted by Gasteiger charge is -2.27. The van der Waals surface area contributed by atoms with Crippen LogP contribution in [0.25, 0.3) is 0 Å². The number of rotatable bonds is 9. The van der Waals surface area contributed by atoms with E-state index in [1.54, 1.807) is 4.90 Å². The molecule has 0 bridgehead atoms. The monoisotopic (exact) mass is 334 g/mol. The van der Waals surface area contributed by atoms with Crippen LogP contribution >= 0.6 is 0 Å². The van der Waals surface area contributed by atoms with Gasteiger partial charge in [0.25, 0.3) is 0 Å². The van der Waals surface area contributed by atoms with Crippen LogP contribution in [0.15, 0.2) is 24.3 Å². The summed E-state index contributed by atoms with van der Waals surface area (Å²) in [7, 11) is 0. The Morgan fingerprint density at radius 2 is 1.83 bits per heavy atom. The zero-order chi connectivity index (χ0) is 18.0. The van der Waals surface area contributed by atoms with E-state index in [4.69, 9.17) is 4.74 Å². The number of nitrogens with zero attached hydrogens (tertiary/aromatic N) is 1. The molecule has 0 aliphatic heterocycles. The Morgan fingerprint density at radius 3 is 2.46 bits per heavy atom. The molecule has 0 unspecified atom stereocenters. The predicted molar refractivity (Wildman–Crippen MR) is 101 cm³/mol. The van der Waals surface area contributed by atoms with E-state index in [0.717, 1.165) is 17.8 Å². The van der Waals surface area contributed by atoms with Crippen molar-refractivity contribution in [3.8, 4) is 0 Å². The minimum absolute atomic E-state index is 0.261. The number of anilines is 1. The first-order chi connectivity index (χ1) is 11.4. The summed E-state index contributed by atoms with van der Waals surface area (Å²) in [6.07, 6.45) is 4.70. The van der Waals surface area contributed by atoms with Gasteiger partial charge in [-0.2, -0.15) is 0 Å². The van der Waals surface area contributed by atoms with Crippen molar-refractivity contribution in [3.05, 3.63) is 29.8 Å². The highest BCUT2D eigenvalue weighted by atomic mass is 16.6. The highest BCUT2D eigenvalue weighted by Crippen LogP contribution is 2.19. The van der Waals surface area contributed by atoms with Crippen molar-refractivity contribution in [2.45, 2.75) is 72.4 Å². The van der Waals surface area contributed by atoms with Gasteiger partial charge in [0.05, 0.1) is 6.54 Å². The lowest BCUT2D eigenvalue weighted by molar-refractivity contribution is 0.0245. The Balaban J connectivity index is 2.66. The van der Waals surface area contributed by atoms with Crippen LogP contribution in [0.2, 0.25) is 0 Å². The second-order valence-corrected chi connectivity index (χ2v) is 7.14. The number of carbonyl (C=O) groups excluding carboxylic acids is 1. The molecule has 0 radical (unpaired) electrons. The molecule has 24 heavy (non-hydrogen) atoms. The summed E-state index contributed by atoms with van der Waals surface area (Å²) in [6.45, 7) is 12.0. The Kier molecular flexibility index (Phi) is 8.66. The van der Waals surface area contributed by atoms with Gasteiger partial charge in [-0.15, -0.1) is 0 Å². The molecule has 0 saturated heterocycles. The van der Waals surface area contributed by atoms with Crippen LogP contribution in [0.3, 0.4) is 0 Å². The van der Waals surface area contributed by atoms with E-state index in [2.05, 4.69) is 24.4 Å². The van der Waals surface area contributed by atoms with Crippen molar-refractivity contribution < 1.29 is 9.53 Å². The second kappa shape index (κ2) is 10.2. The number of hydrogen-bond acceptors (Lipinski definition) is 3. The predicted octanol–water partition coefficient (Wildman–Crippen LogP) is 5.44. The zero-order valence-electron chi connectivity index (χ0n) is 16.0. The number of unbranched alkanes of at least 4 members (excludes halogenated alkanes) is 3. The average Bonchev–Trinajstić information content (AvgIpc) is 2.51. The largest absolute Gasteiger partial charge is 0.444 e. The molecule has 0 atom stereocenters. The molecule has 136 valence electrons. The van der Waals surface area contributed by atoms with Crippen LogP contribution in [0.4, 0.5) is 10.5 Å². The lowest BCUT2D eigenvalue weighted by atomic mass is 10.1. The molecule has 0 spiro atoms. The van der Waals surface area contributed by atoms with Gasteiger partial charge in [-0.3, -0.25) is 0 Å². The number of carbonyl (C=O) groups is 1. The first-order valence-electron chi connectivity index (χ1n) is 9.17. The van der Waals surface area contributed by atoms with Gasteiger partial charge < -0.3 is 15.0 Å². The Bertz CT molecular complexity index is 495. The third-order valence-electron chi connectivity index (χ3n) is 3.76. The van der Waals surface area contributed by atoms with E-state index in [0.29, 0.717) is 13.1 Å². The average molecular weight is 335 g/mol. The fourth-order valence-electron chi connectivity index (χ4n) is 2.44. The highest BCUT2D eigenvalue weighted by Gasteiger charge is 2.21. The van der Waals surface area contributed by atoms with Crippen molar-refractivity contribution >= 4 is 11.8 Å². The molecule has 4 heteroatoms. The Hall–Kier alpha value is -1.71. The summed E-state index contributed by atoms with van der Waals surface area (Å²) in [4.78, 5) is 14.1. The zero-order valence-corrected chi connectivity index (χ0v) is 16.0. The fourth-order valence-corrected chi connectivity index (χ4v) is 2.44. The van der Waals surface area contributed by atoms with E-state index < -0.39 is 5.60 Å². The summed E-state index contributed by atoms with van der Waals surface area (Å²) in [5.74, 6) is 0. The van der Waals surface area contributed by atoms with E-state index in [1.807, 2.05) is 39.8 Å². The number of para-hydroxylation sites is 1. The van der Waals surface area contributed by atoms with Gasteiger partial charge in [0.2, 0.25) is 0 Å². The van der Waals surface area contributed by atoms with Gasteiger partial charge >= 0.3 is 6.09 Å². The van der Waals surface area contributed by atoms with E-state index in [-0.39, 0.29) is 6.09 Å². The maximum Gasteiger partial charge on any atom is 0.410 e. The molecule has 0 aromatic heterocycles. The number of benzene rings is 1. The number of amides is 1. The summed E-state index contributed by atoms with van der Waals surface area (Å²) in [5.41, 5.74) is 1.76. The fraction of sp³-hybridized carbons (Fsp3) is 0.650. The van der Waals surface area contributed by atoms with Gasteiger partial charge in [0.1, 0.15) is 5.60 Å². The van der Waals surface area contributed by atoms with Gasteiger partial charge in [-0.05, 0) is 45.7 Å². The first kappa shape index (κ1) is 20.3. The maximum absolute atomic E-state index is 12.3. The number of ether oxygens (including phenoxy) is 1. The maximum atomic E-state index is 12.3. The van der Waals surface area contributed by atoms with Crippen LogP contribution in [0.1, 0.15) is 65.9 Å². The van der Waals surface area contributed by atoms with Crippen molar-refractivity contribution in [1.82, 2.24) is 4.90 Å². The standard InChI is InChI=1S/C20H34N2O2/c1-6-8-9-12-15-21-18-14-11-10-13-17(18)16-22(7-2)19(23)24-20(3,4)5/h10-11,13-14,21H,6-9,12,15-16H2,1-5H3. The Morgan fingerprint density at radius 1 is 1.12 bits per heavy atom. The quantitative estimate of drug-likeness (QED) is 0.612. The van der Waals surface area contributed by atoms with Gasteiger partial charge in [-0.1, -0.05) is 44.4 Å². The van der Waals surface area contributed by atoms with E-state index >= 15 is 0 Å².